The molecule has 0 aliphatic heterocycles. The molecular formula is C9H6N4. The maximum absolute atomic E-state index is 4.20. The van der Waals surface area contributed by atoms with Gasteiger partial charge in [0.15, 0.2) is 5.65 Å². The summed E-state index contributed by atoms with van der Waals surface area (Å²) >= 11 is 0. The Balaban J connectivity index is 2.65. The van der Waals surface area contributed by atoms with Crippen molar-refractivity contribution in [3.05, 3.63) is 31.0 Å². The summed E-state index contributed by atoms with van der Waals surface area (Å²) in [4.78, 5) is 15.4. The van der Waals surface area contributed by atoms with E-state index in [1.54, 1.807) is 24.9 Å². The number of aromatic nitrogens is 4. The Bertz CT molecular complexity index is 570. The number of hydrogen-bond acceptors (Lipinski definition) is 3. The van der Waals surface area contributed by atoms with Crippen LogP contribution in [-0.4, -0.2) is 19.9 Å². The summed E-state index contributed by atoms with van der Waals surface area (Å²) in [6, 6.07) is 1.95. The Kier molecular flexibility index (Phi) is 1.14. The fourth-order valence-corrected chi connectivity index (χ4v) is 1.45. The molecule has 0 bridgehead atoms. The van der Waals surface area contributed by atoms with E-state index in [2.05, 4.69) is 19.9 Å². The third kappa shape index (κ3) is 0.823. The van der Waals surface area contributed by atoms with Crippen molar-refractivity contribution in [1.29, 1.82) is 0 Å². The highest BCUT2D eigenvalue weighted by Gasteiger charge is 2.01. The van der Waals surface area contributed by atoms with Gasteiger partial charge in [-0.1, -0.05) is 0 Å². The van der Waals surface area contributed by atoms with Gasteiger partial charge in [-0.05, 0) is 6.07 Å². The molecule has 3 rings (SSSR count). The highest BCUT2D eigenvalue weighted by atomic mass is 14.9. The number of pyridine rings is 1. The van der Waals surface area contributed by atoms with E-state index in [4.69, 9.17) is 0 Å². The lowest BCUT2D eigenvalue weighted by molar-refractivity contribution is 1.22. The molecule has 13 heavy (non-hydrogen) atoms. The molecule has 0 spiro atoms. The van der Waals surface area contributed by atoms with Gasteiger partial charge >= 0.3 is 0 Å². The smallest absolute Gasteiger partial charge is 0.161 e. The van der Waals surface area contributed by atoms with Gasteiger partial charge < -0.3 is 4.98 Å². The Morgan fingerprint density at radius 1 is 1.15 bits per heavy atom. The molecule has 0 aromatic carbocycles. The van der Waals surface area contributed by atoms with E-state index in [0.717, 1.165) is 21.9 Å². The van der Waals surface area contributed by atoms with Gasteiger partial charge in [-0.3, -0.25) is 0 Å². The van der Waals surface area contributed by atoms with Crippen LogP contribution < -0.4 is 0 Å². The van der Waals surface area contributed by atoms with E-state index in [-0.39, 0.29) is 0 Å². The number of rotatable bonds is 0. The molecule has 0 aliphatic carbocycles. The summed E-state index contributed by atoms with van der Waals surface area (Å²) in [6.45, 7) is 0. The minimum absolute atomic E-state index is 0.773. The Hall–Kier alpha value is -1.97. The molecule has 0 saturated heterocycles. The van der Waals surface area contributed by atoms with E-state index in [9.17, 15) is 0 Å². The molecule has 1 N–H and O–H groups in total. The topological polar surface area (TPSA) is 54.5 Å². The molecule has 0 atom stereocenters. The molecule has 0 saturated carbocycles. The molecule has 0 amide bonds. The van der Waals surface area contributed by atoms with Crippen LogP contribution in [0.3, 0.4) is 0 Å². The summed E-state index contributed by atoms with van der Waals surface area (Å²) in [5, 5.41) is 2.04. The lowest BCUT2D eigenvalue weighted by atomic mass is 10.2. The molecule has 0 aliphatic rings. The van der Waals surface area contributed by atoms with Crippen LogP contribution in [0.25, 0.3) is 21.9 Å². The van der Waals surface area contributed by atoms with Crippen molar-refractivity contribution in [1.82, 2.24) is 19.9 Å². The second kappa shape index (κ2) is 2.26. The third-order valence-electron chi connectivity index (χ3n) is 2.06. The summed E-state index contributed by atoms with van der Waals surface area (Å²) < 4.78 is 0. The number of hydrogen-bond donors (Lipinski definition) is 1. The van der Waals surface area contributed by atoms with Crippen molar-refractivity contribution < 1.29 is 0 Å². The van der Waals surface area contributed by atoms with Crippen molar-refractivity contribution in [2.24, 2.45) is 0 Å². The first-order valence-electron chi connectivity index (χ1n) is 3.97. The van der Waals surface area contributed by atoms with Crippen molar-refractivity contribution in [3.8, 4) is 0 Å². The quantitative estimate of drug-likeness (QED) is 0.556. The highest BCUT2D eigenvalue weighted by Crippen LogP contribution is 2.18. The van der Waals surface area contributed by atoms with Gasteiger partial charge in [0.25, 0.3) is 0 Å². The molecule has 0 fully saturated rings. The van der Waals surface area contributed by atoms with E-state index >= 15 is 0 Å². The van der Waals surface area contributed by atoms with Crippen molar-refractivity contribution in [2.75, 3.05) is 0 Å². The number of nitrogens with zero attached hydrogens (tertiary/aromatic N) is 3. The Morgan fingerprint density at radius 2 is 2.15 bits per heavy atom. The molecule has 0 unspecified atom stereocenters. The van der Waals surface area contributed by atoms with Crippen molar-refractivity contribution in [3.63, 3.8) is 0 Å². The predicted molar refractivity (Wildman–Crippen MR) is 49.2 cm³/mol. The van der Waals surface area contributed by atoms with Crippen LogP contribution in [0.4, 0.5) is 0 Å². The number of H-pyrrole nitrogens is 1. The van der Waals surface area contributed by atoms with Crippen LogP contribution in [0.2, 0.25) is 0 Å². The largest absolute Gasteiger partial charge is 0.345 e. The van der Waals surface area contributed by atoms with Crippen LogP contribution in [0.5, 0.6) is 0 Å². The average molecular weight is 170 g/mol. The van der Waals surface area contributed by atoms with Crippen molar-refractivity contribution in [2.45, 2.75) is 0 Å². The zero-order chi connectivity index (χ0) is 8.67. The fourth-order valence-electron chi connectivity index (χ4n) is 1.45. The SMILES string of the molecule is c1cc2c(n1)ncc1cnc[nH]c12. The maximum atomic E-state index is 4.20. The molecule has 3 aromatic heterocycles. The monoisotopic (exact) mass is 170 g/mol. The lowest BCUT2D eigenvalue weighted by Gasteiger charge is -1.96. The first-order valence-corrected chi connectivity index (χ1v) is 3.97. The zero-order valence-electron chi connectivity index (χ0n) is 6.73. The van der Waals surface area contributed by atoms with Crippen LogP contribution in [0.1, 0.15) is 0 Å². The van der Waals surface area contributed by atoms with Gasteiger partial charge in [0.1, 0.15) is 0 Å². The zero-order valence-corrected chi connectivity index (χ0v) is 6.73. The third-order valence-corrected chi connectivity index (χ3v) is 2.06. The Labute approximate surface area is 73.7 Å². The predicted octanol–water partition coefficient (Wildman–Crippen LogP) is 1.51. The summed E-state index contributed by atoms with van der Waals surface area (Å²) in [7, 11) is 0. The standard InChI is InChI=1S/C9H6N4/c1-2-11-9-7(1)8-6(4-12-9)3-10-5-13-8/h1-5H,(H,10,13). The fraction of sp³-hybridized carbons (Fsp3) is 0. The number of nitrogens with one attached hydrogen (secondary N) is 1. The molecule has 62 valence electrons. The van der Waals surface area contributed by atoms with Crippen LogP contribution in [-0.2, 0) is 0 Å². The second-order valence-corrected chi connectivity index (χ2v) is 2.82. The van der Waals surface area contributed by atoms with E-state index < -0.39 is 0 Å². The second-order valence-electron chi connectivity index (χ2n) is 2.82. The van der Waals surface area contributed by atoms with Crippen molar-refractivity contribution >= 4 is 21.9 Å². The molecular weight excluding hydrogens is 164 g/mol. The van der Waals surface area contributed by atoms with Crippen LogP contribution in [0.15, 0.2) is 31.0 Å². The first kappa shape index (κ1) is 6.54. The minimum Gasteiger partial charge on any atom is -0.345 e. The average Bonchev–Trinajstić information content (AvgIpc) is 2.65. The summed E-state index contributed by atoms with van der Waals surface area (Å²) in [6.07, 6.45) is 6.97. The van der Waals surface area contributed by atoms with Gasteiger partial charge in [-0.2, -0.15) is 0 Å². The minimum atomic E-state index is 0.773. The Morgan fingerprint density at radius 3 is 3.15 bits per heavy atom. The van der Waals surface area contributed by atoms with E-state index in [1.165, 1.54) is 0 Å². The van der Waals surface area contributed by atoms with Crippen LogP contribution >= 0.6 is 0 Å². The highest BCUT2D eigenvalue weighted by molar-refractivity contribution is 6.01. The molecule has 4 heteroatoms. The molecule has 4 nitrogen and oxygen atoms in total. The van der Waals surface area contributed by atoms with Gasteiger partial charge in [0.2, 0.25) is 0 Å². The van der Waals surface area contributed by atoms with Gasteiger partial charge in [0.05, 0.1) is 11.8 Å². The maximum Gasteiger partial charge on any atom is 0.161 e. The van der Waals surface area contributed by atoms with Gasteiger partial charge in [0, 0.05) is 29.4 Å². The van der Waals surface area contributed by atoms with Gasteiger partial charge in [-0.25, -0.2) is 15.0 Å². The number of fused-ring (bicyclic) bond motifs is 3. The molecule has 3 aromatic rings. The molecule has 0 radical (unpaired) electrons. The molecule has 3 heterocycles. The lowest BCUT2D eigenvalue weighted by Crippen LogP contribution is -1.83. The van der Waals surface area contributed by atoms with E-state index in [0.29, 0.717) is 0 Å². The first-order chi connectivity index (χ1) is 6.45. The van der Waals surface area contributed by atoms with E-state index in [1.807, 2.05) is 6.07 Å². The van der Waals surface area contributed by atoms with Crippen LogP contribution in [0, 0.1) is 0 Å². The van der Waals surface area contributed by atoms with Gasteiger partial charge in [-0.15, -0.1) is 0 Å². The number of aromatic amines is 1. The summed E-state index contributed by atoms with van der Waals surface area (Å²) in [5.74, 6) is 0. The summed E-state index contributed by atoms with van der Waals surface area (Å²) in [5.41, 5.74) is 1.81. The normalized spacial score (nSPS) is 11.1.